The van der Waals surface area contributed by atoms with Gasteiger partial charge in [-0.25, -0.2) is 4.21 Å². The van der Waals surface area contributed by atoms with Gasteiger partial charge >= 0.3 is 0 Å². The van der Waals surface area contributed by atoms with E-state index in [0.717, 1.165) is 5.56 Å². The Hall–Kier alpha value is -0.790. The highest BCUT2D eigenvalue weighted by Crippen LogP contribution is 2.07. The SMILES string of the molecule is COS(=O)c1ccc(C)cc1.OCC1COCCO1. The standard InChI is InChI=1S/C8H10O2S.C5H10O3/c1-7-3-5-8(6-4-7)11(9)10-2;6-3-5-4-7-1-2-8-5/h3-6H,1-2H3;5-6H,1-4H2. The molecule has 5 nitrogen and oxygen atoms in total. The van der Waals surface area contributed by atoms with Crippen molar-refractivity contribution in [3.63, 3.8) is 0 Å². The summed E-state index contributed by atoms with van der Waals surface area (Å²) in [6.07, 6.45) is -0.0799. The van der Waals surface area contributed by atoms with Crippen molar-refractivity contribution in [1.82, 2.24) is 0 Å². The second-order valence-corrected chi connectivity index (χ2v) is 5.24. The molecule has 1 aromatic rings. The number of aliphatic hydroxyl groups excluding tert-OH is 1. The van der Waals surface area contributed by atoms with E-state index >= 15 is 0 Å². The summed E-state index contributed by atoms with van der Waals surface area (Å²) in [5, 5.41) is 8.49. The first-order valence-corrected chi connectivity index (χ1v) is 7.08. The molecule has 2 atom stereocenters. The van der Waals surface area contributed by atoms with Crippen molar-refractivity contribution in [2.75, 3.05) is 33.5 Å². The lowest BCUT2D eigenvalue weighted by atomic mass is 10.2. The average molecular weight is 288 g/mol. The van der Waals surface area contributed by atoms with E-state index in [1.807, 2.05) is 19.1 Å². The van der Waals surface area contributed by atoms with E-state index in [9.17, 15) is 4.21 Å². The molecule has 6 heteroatoms. The lowest BCUT2D eigenvalue weighted by molar-refractivity contribution is -0.105. The fourth-order valence-electron chi connectivity index (χ4n) is 1.39. The monoisotopic (exact) mass is 288 g/mol. The number of aliphatic hydroxyl groups is 1. The molecular weight excluding hydrogens is 268 g/mol. The Morgan fingerprint density at radius 1 is 1.37 bits per heavy atom. The van der Waals surface area contributed by atoms with Crippen LogP contribution in [0.15, 0.2) is 29.2 Å². The van der Waals surface area contributed by atoms with Gasteiger partial charge in [0.15, 0.2) is 11.1 Å². The highest BCUT2D eigenvalue weighted by molar-refractivity contribution is 7.80. The molecule has 2 rings (SSSR count). The smallest absolute Gasteiger partial charge is 0.188 e. The number of hydrogen-bond acceptors (Lipinski definition) is 5. The Morgan fingerprint density at radius 2 is 2.05 bits per heavy atom. The first-order valence-electron chi connectivity index (χ1n) is 6.00. The van der Waals surface area contributed by atoms with Gasteiger partial charge < -0.3 is 14.6 Å². The van der Waals surface area contributed by atoms with E-state index in [-0.39, 0.29) is 12.7 Å². The summed E-state index contributed by atoms with van der Waals surface area (Å²) < 4.78 is 25.7. The molecule has 1 saturated heterocycles. The van der Waals surface area contributed by atoms with Crippen LogP contribution in [-0.2, 0) is 24.7 Å². The zero-order valence-corrected chi connectivity index (χ0v) is 12.0. The molecule has 0 saturated carbocycles. The molecule has 1 aliphatic heterocycles. The van der Waals surface area contributed by atoms with Crippen molar-refractivity contribution >= 4 is 11.1 Å². The van der Waals surface area contributed by atoms with E-state index in [4.69, 9.17) is 14.6 Å². The summed E-state index contributed by atoms with van der Waals surface area (Å²) in [6, 6.07) is 7.42. The third kappa shape index (κ3) is 6.26. The number of ether oxygens (including phenoxy) is 2. The first-order chi connectivity index (χ1) is 9.17. The van der Waals surface area contributed by atoms with Crippen molar-refractivity contribution in [2.24, 2.45) is 0 Å². The van der Waals surface area contributed by atoms with E-state index in [0.29, 0.717) is 24.7 Å². The third-order valence-corrected chi connectivity index (χ3v) is 3.41. The van der Waals surface area contributed by atoms with E-state index in [1.54, 1.807) is 12.1 Å². The molecule has 0 amide bonds. The molecule has 1 aliphatic rings. The molecule has 1 aromatic carbocycles. The number of hydrogen-bond donors (Lipinski definition) is 1. The Labute approximate surface area is 116 Å². The molecule has 1 fully saturated rings. The molecule has 0 bridgehead atoms. The van der Waals surface area contributed by atoms with Gasteiger partial charge in [-0.05, 0) is 19.1 Å². The van der Waals surface area contributed by atoms with Crippen LogP contribution in [0.4, 0.5) is 0 Å². The van der Waals surface area contributed by atoms with Crippen LogP contribution in [0.5, 0.6) is 0 Å². The minimum absolute atomic E-state index is 0.0694. The lowest BCUT2D eigenvalue weighted by Gasteiger charge is -2.20. The molecule has 0 aliphatic carbocycles. The van der Waals surface area contributed by atoms with Crippen LogP contribution in [0.1, 0.15) is 5.56 Å². The highest BCUT2D eigenvalue weighted by Gasteiger charge is 2.11. The van der Waals surface area contributed by atoms with Crippen molar-refractivity contribution in [3.05, 3.63) is 29.8 Å². The molecule has 2 unspecified atom stereocenters. The second-order valence-electron chi connectivity index (χ2n) is 3.96. The fraction of sp³-hybridized carbons (Fsp3) is 0.538. The largest absolute Gasteiger partial charge is 0.394 e. The normalized spacial score (nSPS) is 20.3. The van der Waals surface area contributed by atoms with Gasteiger partial charge in [0, 0.05) is 0 Å². The zero-order chi connectivity index (χ0) is 14.1. The maximum Gasteiger partial charge on any atom is 0.188 e. The Balaban J connectivity index is 0.000000200. The van der Waals surface area contributed by atoms with Crippen LogP contribution >= 0.6 is 0 Å². The second kappa shape index (κ2) is 9.17. The van der Waals surface area contributed by atoms with Gasteiger partial charge in [0.05, 0.1) is 38.4 Å². The summed E-state index contributed by atoms with van der Waals surface area (Å²) in [5.74, 6) is 0. The summed E-state index contributed by atoms with van der Waals surface area (Å²) in [5.41, 5.74) is 1.15. The Morgan fingerprint density at radius 3 is 2.47 bits per heavy atom. The van der Waals surface area contributed by atoms with E-state index < -0.39 is 11.1 Å². The maximum atomic E-state index is 11.0. The quantitative estimate of drug-likeness (QED) is 0.901. The van der Waals surface area contributed by atoms with Crippen molar-refractivity contribution < 1.29 is 23.0 Å². The number of benzene rings is 1. The van der Waals surface area contributed by atoms with E-state index in [2.05, 4.69) is 4.18 Å². The van der Waals surface area contributed by atoms with Crippen molar-refractivity contribution in [3.8, 4) is 0 Å². The number of rotatable bonds is 3. The van der Waals surface area contributed by atoms with Crippen LogP contribution in [-0.4, -0.2) is 49.0 Å². The van der Waals surface area contributed by atoms with Gasteiger partial charge in [0.25, 0.3) is 0 Å². The van der Waals surface area contributed by atoms with Crippen LogP contribution in [0.2, 0.25) is 0 Å². The van der Waals surface area contributed by atoms with E-state index in [1.165, 1.54) is 7.11 Å². The predicted molar refractivity (Wildman–Crippen MR) is 72.2 cm³/mol. The third-order valence-electron chi connectivity index (χ3n) is 2.45. The van der Waals surface area contributed by atoms with Crippen molar-refractivity contribution in [2.45, 2.75) is 17.9 Å². The van der Waals surface area contributed by atoms with Crippen LogP contribution in [0.25, 0.3) is 0 Å². The van der Waals surface area contributed by atoms with Gasteiger partial charge in [-0.1, -0.05) is 17.7 Å². The summed E-state index contributed by atoms with van der Waals surface area (Å²) in [4.78, 5) is 0.707. The lowest BCUT2D eigenvalue weighted by Crippen LogP contribution is -2.31. The van der Waals surface area contributed by atoms with Crippen molar-refractivity contribution in [1.29, 1.82) is 0 Å². The maximum absolute atomic E-state index is 11.0. The molecule has 108 valence electrons. The first kappa shape index (κ1) is 16.3. The van der Waals surface area contributed by atoms with Gasteiger partial charge in [-0.2, -0.15) is 0 Å². The summed E-state index contributed by atoms with van der Waals surface area (Å²) in [7, 11) is 1.43. The van der Waals surface area contributed by atoms with Gasteiger partial charge in [-0.15, -0.1) is 0 Å². The van der Waals surface area contributed by atoms with Gasteiger partial charge in [0.1, 0.15) is 6.10 Å². The molecule has 1 heterocycles. The molecule has 19 heavy (non-hydrogen) atoms. The highest BCUT2D eigenvalue weighted by atomic mass is 32.2. The number of aryl methyl sites for hydroxylation is 1. The Bertz CT molecular complexity index is 373. The minimum atomic E-state index is -1.30. The zero-order valence-electron chi connectivity index (χ0n) is 11.2. The topological polar surface area (TPSA) is 65.0 Å². The summed E-state index contributed by atoms with van der Waals surface area (Å²) in [6.45, 7) is 3.87. The minimum Gasteiger partial charge on any atom is -0.394 e. The van der Waals surface area contributed by atoms with Crippen LogP contribution in [0.3, 0.4) is 0 Å². The van der Waals surface area contributed by atoms with Crippen LogP contribution < -0.4 is 0 Å². The molecule has 0 radical (unpaired) electrons. The molecule has 0 aromatic heterocycles. The van der Waals surface area contributed by atoms with Gasteiger partial charge in [-0.3, -0.25) is 4.18 Å². The molecule has 1 N–H and O–H groups in total. The average Bonchev–Trinajstić information content (AvgIpc) is 2.48. The fourth-order valence-corrected chi connectivity index (χ4v) is 1.94. The van der Waals surface area contributed by atoms with Crippen LogP contribution in [0, 0.1) is 6.92 Å². The Kier molecular flexibility index (Phi) is 7.85. The molecular formula is C13H20O5S. The molecule has 0 spiro atoms. The van der Waals surface area contributed by atoms with Gasteiger partial charge in [0.2, 0.25) is 0 Å². The predicted octanol–water partition coefficient (Wildman–Crippen LogP) is 1.06. The summed E-state index contributed by atoms with van der Waals surface area (Å²) >= 11 is -1.30.